The summed E-state index contributed by atoms with van der Waals surface area (Å²) in [5.74, 6) is 0. The maximum Gasteiger partial charge on any atom is 0.297 e. The first-order valence-electron chi connectivity index (χ1n) is 24.8. The second-order valence-corrected chi connectivity index (χ2v) is 26.5. The third-order valence-electron chi connectivity index (χ3n) is 16.8. The molecule has 0 saturated heterocycles. The molecule has 338 valence electrons. The first-order chi connectivity index (χ1) is 30.0. The van der Waals surface area contributed by atoms with Gasteiger partial charge in [0.15, 0.2) is 0 Å². The van der Waals surface area contributed by atoms with Crippen LogP contribution in [0.5, 0.6) is 0 Å². The summed E-state index contributed by atoms with van der Waals surface area (Å²) in [6, 6.07) is 32.0. The highest BCUT2D eigenvalue weighted by atomic mass is 16.3. The van der Waals surface area contributed by atoms with Crippen LogP contribution in [0.3, 0.4) is 0 Å². The van der Waals surface area contributed by atoms with Crippen molar-refractivity contribution in [2.45, 2.75) is 188 Å². The number of hydrogen-bond acceptors (Lipinski definition) is 3. The molecule has 2 aliphatic heterocycles. The SMILES string of the molecule is Cc1cc(C(C)(C)C)ccc1N1c2cc3c(cc2B2c4oc5cc6c(cc5c4N(c4ccc(C(C)(C)C)cc4)c4cc(C(C)(C)C)cc1c42)C(C)(C)CCC6(C)C)C(C)(C)CCC3(C)C. The third-order valence-corrected chi connectivity index (χ3v) is 16.8. The van der Waals surface area contributed by atoms with Crippen LogP contribution in [0, 0.1) is 6.92 Å². The first kappa shape index (κ1) is 44.2. The van der Waals surface area contributed by atoms with Crippen LogP contribution >= 0.6 is 0 Å². The zero-order valence-electron chi connectivity index (χ0n) is 43.2. The van der Waals surface area contributed by atoms with E-state index < -0.39 is 0 Å². The van der Waals surface area contributed by atoms with Crippen LogP contribution in [-0.4, -0.2) is 6.71 Å². The van der Waals surface area contributed by atoms with Gasteiger partial charge >= 0.3 is 0 Å². The van der Waals surface area contributed by atoms with Crippen LogP contribution in [0.2, 0.25) is 0 Å². The van der Waals surface area contributed by atoms with Crippen molar-refractivity contribution >= 4 is 68.4 Å². The Morgan fingerprint density at radius 2 is 0.954 bits per heavy atom. The van der Waals surface area contributed by atoms with Crippen LogP contribution in [0.4, 0.5) is 34.1 Å². The number of benzene rings is 5. The Hall–Kier alpha value is -4.70. The fraction of sp³-hybridized carbons (Fsp3) is 0.475. The standard InChI is InChI=1S/C61H75BN2O/c1-36-29-38(56(5,6)7)21-24-47(36)64-48-34-44-43(59(13,14)26-27-60(44,15)16)33-46(48)62-52-49(30-39(31-50(52)64)57(8,9)10)63(40-22-19-37(20-23-40)55(2,3)4)53-41-32-42-45(35-51(41)65-54(53)62)61(17,18)28-25-58(42,11)12/h19-24,29-35H,25-28H2,1-18H3. The molecule has 0 unspecified atom stereocenters. The Bertz CT molecular complexity index is 2950. The summed E-state index contributed by atoms with van der Waals surface area (Å²) in [4.78, 5) is 5.27. The van der Waals surface area contributed by atoms with Crippen LogP contribution < -0.4 is 26.4 Å². The first-order valence-corrected chi connectivity index (χ1v) is 24.8. The molecule has 0 radical (unpaired) electrons. The lowest BCUT2D eigenvalue weighted by atomic mass is 9.35. The van der Waals surface area contributed by atoms with Crippen molar-refractivity contribution in [2.24, 2.45) is 0 Å². The minimum Gasteiger partial charge on any atom is -0.468 e. The Morgan fingerprint density at radius 3 is 1.48 bits per heavy atom. The molecule has 0 atom stereocenters. The van der Waals surface area contributed by atoms with Gasteiger partial charge in [-0.1, -0.05) is 148 Å². The predicted octanol–water partition coefficient (Wildman–Crippen LogP) is 15.4. The Morgan fingerprint density at radius 1 is 0.477 bits per heavy atom. The summed E-state index contributed by atoms with van der Waals surface area (Å²) in [5, 5.41) is 1.22. The molecule has 4 heteroatoms. The summed E-state index contributed by atoms with van der Waals surface area (Å²) < 4.78 is 7.65. The van der Waals surface area contributed by atoms with Crippen LogP contribution in [-0.2, 0) is 37.9 Å². The predicted molar refractivity (Wildman–Crippen MR) is 282 cm³/mol. The summed E-state index contributed by atoms with van der Waals surface area (Å²) in [6.07, 6.45) is 4.65. The molecule has 6 aromatic rings. The van der Waals surface area contributed by atoms with E-state index in [0.29, 0.717) is 0 Å². The molecule has 1 aromatic heterocycles. The van der Waals surface area contributed by atoms with Gasteiger partial charge < -0.3 is 14.2 Å². The van der Waals surface area contributed by atoms with Gasteiger partial charge in [0, 0.05) is 33.8 Å². The van der Waals surface area contributed by atoms with E-state index in [9.17, 15) is 0 Å². The summed E-state index contributed by atoms with van der Waals surface area (Å²) in [6.45, 7) is 42.9. The van der Waals surface area contributed by atoms with E-state index in [1.165, 1.54) is 94.9 Å². The Kier molecular flexibility index (Phi) is 9.31. The quantitative estimate of drug-likeness (QED) is 0.161. The molecule has 0 fully saturated rings. The van der Waals surface area contributed by atoms with Gasteiger partial charge in [-0.3, -0.25) is 0 Å². The van der Waals surface area contributed by atoms with E-state index in [1.807, 2.05) is 0 Å². The molecular weight excluding hydrogens is 787 g/mol. The third kappa shape index (κ3) is 6.71. The van der Waals surface area contributed by atoms with Gasteiger partial charge in [0.05, 0.1) is 11.3 Å². The highest BCUT2D eigenvalue weighted by Gasteiger charge is 2.50. The van der Waals surface area contributed by atoms with Crippen LogP contribution in [0.15, 0.2) is 83.3 Å². The minimum absolute atomic E-state index is 0.0356. The van der Waals surface area contributed by atoms with Gasteiger partial charge in [0.1, 0.15) is 5.58 Å². The van der Waals surface area contributed by atoms with Crippen molar-refractivity contribution < 1.29 is 4.42 Å². The van der Waals surface area contributed by atoms with Crippen molar-refractivity contribution in [3.63, 3.8) is 0 Å². The van der Waals surface area contributed by atoms with Crippen molar-refractivity contribution in [2.75, 3.05) is 9.80 Å². The zero-order valence-corrected chi connectivity index (χ0v) is 43.2. The minimum atomic E-state index is -0.116. The molecule has 0 amide bonds. The molecule has 10 rings (SSSR count). The smallest absolute Gasteiger partial charge is 0.297 e. The number of rotatable bonds is 2. The van der Waals surface area contributed by atoms with Crippen LogP contribution in [0.25, 0.3) is 11.0 Å². The van der Waals surface area contributed by atoms with Gasteiger partial charge in [-0.15, -0.1) is 0 Å². The second kappa shape index (κ2) is 13.7. The molecule has 2 aliphatic carbocycles. The molecule has 0 bridgehead atoms. The van der Waals surface area contributed by atoms with Gasteiger partial charge in [-0.2, -0.15) is 0 Å². The van der Waals surface area contributed by atoms with Gasteiger partial charge in [-0.25, -0.2) is 0 Å². The fourth-order valence-electron chi connectivity index (χ4n) is 12.0. The highest BCUT2D eigenvalue weighted by molar-refractivity contribution is 7.00. The van der Waals surface area contributed by atoms with Gasteiger partial charge in [-0.05, 0) is 174 Å². The lowest BCUT2D eigenvalue weighted by Crippen LogP contribution is -2.61. The second-order valence-electron chi connectivity index (χ2n) is 26.5. The van der Waals surface area contributed by atoms with Crippen molar-refractivity contribution in [1.82, 2.24) is 0 Å². The maximum absolute atomic E-state index is 7.65. The zero-order chi connectivity index (χ0) is 46.9. The molecule has 0 saturated carbocycles. The molecule has 4 aliphatic rings. The lowest BCUT2D eigenvalue weighted by molar-refractivity contribution is 0.332. The number of anilines is 6. The highest BCUT2D eigenvalue weighted by Crippen LogP contribution is 2.54. The topological polar surface area (TPSA) is 19.6 Å². The fourth-order valence-corrected chi connectivity index (χ4v) is 12.0. The van der Waals surface area contributed by atoms with Gasteiger partial charge in [0.25, 0.3) is 6.71 Å². The summed E-state index contributed by atoms with van der Waals surface area (Å²) in [5.41, 5.74) is 23.5. The molecule has 3 heterocycles. The average Bonchev–Trinajstić information content (AvgIpc) is 3.58. The molecule has 3 nitrogen and oxygen atoms in total. The number of furan rings is 1. The van der Waals surface area contributed by atoms with E-state index in [1.54, 1.807) is 0 Å². The van der Waals surface area contributed by atoms with E-state index in [0.717, 1.165) is 36.9 Å². The summed E-state index contributed by atoms with van der Waals surface area (Å²) >= 11 is 0. The number of hydrogen-bond donors (Lipinski definition) is 0. The van der Waals surface area contributed by atoms with E-state index in [4.69, 9.17) is 4.42 Å². The largest absolute Gasteiger partial charge is 0.468 e. The number of fused-ring (bicyclic) bond motifs is 8. The molecule has 5 aromatic carbocycles. The number of aryl methyl sites for hydroxylation is 1. The van der Waals surface area contributed by atoms with E-state index >= 15 is 0 Å². The number of nitrogens with zero attached hydrogens (tertiary/aromatic N) is 2. The molecule has 0 N–H and O–H groups in total. The molecular formula is C61H75BN2O. The van der Waals surface area contributed by atoms with Gasteiger partial charge in [0.2, 0.25) is 0 Å². The molecule has 0 spiro atoms. The van der Waals surface area contributed by atoms with E-state index in [-0.39, 0.29) is 44.6 Å². The maximum atomic E-state index is 7.65. The average molecular weight is 863 g/mol. The Labute approximate surface area is 392 Å². The normalized spacial score (nSPS) is 19.1. The van der Waals surface area contributed by atoms with E-state index in [2.05, 4.69) is 213 Å². The van der Waals surface area contributed by atoms with Crippen molar-refractivity contribution in [1.29, 1.82) is 0 Å². The molecule has 65 heavy (non-hydrogen) atoms. The van der Waals surface area contributed by atoms with Crippen molar-refractivity contribution in [3.05, 3.63) is 123 Å². The lowest BCUT2D eigenvalue weighted by Gasteiger charge is -2.47. The Balaban J connectivity index is 1.38. The summed E-state index contributed by atoms with van der Waals surface area (Å²) in [7, 11) is 0. The monoisotopic (exact) mass is 863 g/mol. The van der Waals surface area contributed by atoms with Crippen LogP contribution in [0.1, 0.15) is 188 Å². The van der Waals surface area contributed by atoms with Crippen molar-refractivity contribution in [3.8, 4) is 0 Å².